The fraction of sp³-hybridized carbons (Fsp3) is 0.435. The molecular formula is C92H109Cl3N18O10S. The molecule has 0 bridgehead atoms. The Morgan fingerprint density at radius 1 is 0.766 bits per heavy atom. The summed E-state index contributed by atoms with van der Waals surface area (Å²) in [6, 6.07) is 44.8. The lowest BCUT2D eigenvalue weighted by Crippen LogP contribution is -2.52. The number of tetrazole rings is 1. The smallest absolute Gasteiger partial charge is 0.412 e. The standard InChI is InChI=1S/C22H23ClN6O.C22H32N2O3.C21H21ClN4OS.C19H19ClN4O3.C8H14N2O2/c1-2-3-8-20-24-21(23)19(14-30)29(20)13-15-9-11-16(12-10-15)17-6-4-5-7-18(17)22-25-27-28-26-22;1-3-27-22(26)19(13-12-17-8-5-4-6-9-17)23-16(2)21(25)24-15-14-18-10-7-11-20(18)24;22-17-13-18-15(12-20(27)23-18)11-14(17)5-6-25-7-9-26(10-8-25)21-16-3-1-2-4-19(16)28-24-21;1-12-6-10-23(11-7-12)19(26)27-18-16-15(21-8-9-22-16)17(25)24(18)14-4-2-13(20)3-5-14;1-2-6(8(9)12)10-5-3-4-7(10)11/h4-7,9-12,30H,2-3,8,13-14H2,1H3,(H,25,26,27,28);4-6,8-9,16,18-20,23H,3,7,10-15H2,1-2H3;1-4,11,13H,5-10,12H2,(H,23,27);2-5,8-9,12,18H,6-7,10-11H2,1H3;6H,2-5H2,1H3,(H2,9,12)/t;16-,18-,19-,20-;;18-;6-/m.0.00/s1. The summed E-state index contributed by atoms with van der Waals surface area (Å²) in [7, 11) is 0. The molecule has 10 aromatic rings. The number of carbonyl (C=O) groups is 7. The van der Waals surface area contributed by atoms with Crippen molar-refractivity contribution in [2.24, 2.45) is 17.6 Å². The van der Waals surface area contributed by atoms with Crippen molar-refractivity contribution in [3.05, 3.63) is 212 Å². The Kier molecular flexibility index (Phi) is 32.0. The quantitative estimate of drug-likeness (QED) is 0.0332. The molecule has 28 nitrogen and oxygen atoms in total. The van der Waals surface area contributed by atoms with Crippen molar-refractivity contribution in [2.75, 3.05) is 80.6 Å². The van der Waals surface area contributed by atoms with Gasteiger partial charge in [-0.3, -0.25) is 48.9 Å². The van der Waals surface area contributed by atoms with Gasteiger partial charge in [-0.15, -0.1) is 10.2 Å². The number of aromatic nitrogens is 9. The van der Waals surface area contributed by atoms with E-state index in [1.807, 2.05) is 73.9 Å². The summed E-state index contributed by atoms with van der Waals surface area (Å²) in [5.41, 5.74) is 15.3. The number of nitrogens with two attached hydrogens (primary N) is 1. The normalized spacial score (nSPS) is 18.0. The van der Waals surface area contributed by atoms with E-state index in [0.717, 1.165) is 159 Å². The van der Waals surface area contributed by atoms with Crippen molar-refractivity contribution in [2.45, 2.75) is 181 Å². The number of imidazole rings is 1. The van der Waals surface area contributed by atoms with Crippen molar-refractivity contribution in [3.63, 3.8) is 0 Å². The van der Waals surface area contributed by atoms with Gasteiger partial charge in [-0.05, 0) is 189 Å². The monoisotopic (exact) mass is 1760 g/mol. The average Bonchev–Trinajstić information content (AvgIpc) is 1.61. The first-order valence-corrected chi connectivity index (χ1v) is 45.0. The topological polar surface area (TPSA) is 339 Å². The van der Waals surface area contributed by atoms with E-state index in [0.29, 0.717) is 109 Å². The highest BCUT2D eigenvalue weighted by atomic mass is 35.5. The molecule has 6 atom stereocenters. The number of aliphatic hydroxyl groups is 1. The average molecular weight is 1770 g/mol. The molecule has 1 aliphatic carbocycles. The van der Waals surface area contributed by atoms with Crippen LogP contribution in [0.15, 0.2) is 152 Å². The van der Waals surface area contributed by atoms with Crippen LogP contribution in [0.3, 0.4) is 0 Å². The lowest BCUT2D eigenvalue weighted by molar-refractivity contribution is -0.146. The summed E-state index contributed by atoms with van der Waals surface area (Å²) in [5.74, 6) is 3.09. The zero-order chi connectivity index (χ0) is 87.3. The molecule has 6 N–H and O–H groups in total. The first kappa shape index (κ1) is 90.9. The summed E-state index contributed by atoms with van der Waals surface area (Å²) < 4.78 is 18.9. The SMILES string of the molecule is CC1CCN(C(=O)O[C@H]2c3nccnc3C(=O)N2c2ccc(Cl)cc2)CC1.CCCCc1nc(Cl)c(CO)n1Cc1ccc(-c2ccccc2-c2nn[nH]n2)cc1.CCOC(=O)[C@H](CCc1ccccc1)N[C@@H](C)C(=O)N1CC[C@@H]2CCC[C@@H]21.CC[C@@H](C(N)=O)N1CCCC1=O.O=C1Cc2cc(CCN3CCN(c4nsc5ccccc45)CC3)c(Cl)cc2N1. The van der Waals surface area contributed by atoms with Crippen LogP contribution in [0.2, 0.25) is 15.2 Å². The lowest BCUT2D eigenvalue weighted by Gasteiger charge is -2.35. The third-order valence-corrected chi connectivity index (χ3v) is 25.7. The minimum Gasteiger partial charge on any atom is -0.465 e. The second-order valence-electron chi connectivity index (χ2n) is 32.2. The van der Waals surface area contributed by atoms with Crippen LogP contribution in [0, 0.1) is 11.8 Å². The number of hydrogen-bond acceptors (Lipinski definition) is 21. The van der Waals surface area contributed by atoms with Crippen LogP contribution < -0.4 is 26.2 Å². The summed E-state index contributed by atoms with van der Waals surface area (Å²) in [5, 5.41) is 33.2. The molecule has 32 heteroatoms. The predicted molar refractivity (Wildman–Crippen MR) is 481 cm³/mol. The second-order valence-corrected chi connectivity index (χ2v) is 34.2. The number of hydrogen-bond donors (Lipinski definition) is 5. The van der Waals surface area contributed by atoms with Crippen LogP contribution in [0.4, 0.5) is 22.0 Å². The van der Waals surface area contributed by atoms with E-state index in [4.69, 9.17) is 50.0 Å². The number of piperazine rings is 1. The molecule has 654 valence electrons. The van der Waals surface area contributed by atoms with E-state index in [1.165, 1.54) is 45.8 Å². The van der Waals surface area contributed by atoms with Crippen LogP contribution in [-0.4, -0.2) is 200 Å². The number of aryl methyl sites for hydroxylation is 2. The van der Waals surface area contributed by atoms with Gasteiger partial charge in [0.15, 0.2) is 10.8 Å². The molecule has 0 unspecified atom stereocenters. The fourth-order valence-electron chi connectivity index (χ4n) is 17.1. The van der Waals surface area contributed by atoms with Gasteiger partial charge in [0.2, 0.25) is 35.7 Å². The highest BCUT2D eigenvalue weighted by Crippen LogP contribution is 2.41. The van der Waals surface area contributed by atoms with Crippen molar-refractivity contribution in [1.82, 2.24) is 69.4 Å². The molecule has 10 heterocycles. The Morgan fingerprint density at radius 2 is 1.50 bits per heavy atom. The zero-order valence-corrected chi connectivity index (χ0v) is 73.9. The van der Waals surface area contributed by atoms with Crippen molar-refractivity contribution < 1.29 is 48.1 Å². The number of unbranched alkanes of at least 4 members (excludes halogenated alkanes) is 1. The Morgan fingerprint density at radius 3 is 2.20 bits per heavy atom. The number of ether oxygens (including phenoxy) is 2. The number of nitrogens with zero attached hydrogens (tertiary/aromatic N) is 14. The number of amides is 6. The number of benzene rings is 6. The molecule has 5 fully saturated rings. The van der Waals surface area contributed by atoms with Crippen LogP contribution >= 0.6 is 46.3 Å². The number of fused-ring (bicyclic) bond motifs is 4. The van der Waals surface area contributed by atoms with Gasteiger partial charge in [0.1, 0.15) is 29.4 Å². The maximum atomic E-state index is 13.0. The number of rotatable bonds is 25. The number of halogens is 3. The van der Waals surface area contributed by atoms with Gasteiger partial charge in [-0.1, -0.05) is 165 Å². The van der Waals surface area contributed by atoms with Crippen LogP contribution in [0.5, 0.6) is 0 Å². The Labute approximate surface area is 742 Å². The molecule has 6 amide bonds. The largest absolute Gasteiger partial charge is 0.465 e. The molecule has 6 aliphatic heterocycles. The van der Waals surface area contributed by atoms with E-state index < -0.39 is 24.3 Å². The number of piperidine rings is 1. The number of esters is 1. The minimum absolute atomic E-state index is 0.0499. The molecule has 7 aliphatic rings. The summed E-state index contributed by atoms with van der Waals surface area (Å²) in [6.07, 6.45) is 15.9. The van der Waals surface area contributed by atoms with Crippen LogP contribution in [-0.2, 0) is 72.3 Å². The Balaban J connectivity index is 0.000000136. The van der Waals surface area contributed by atoms with E-state index in [2.05, 4.69) is 146 Å². The van der Waals surface area contributed by atoms with Gasteiger partial charge in [0, 0.05) is 129 Å². The van der Waals surface area contributed by atoms with Crippen LogP contribution in [0.25, 0.3) is 32.6 Å². The first-order valence-electron chi connectivity index (χ1n) is 43.1. The van der Waals surface area contributed by atoms with Gasteiger partial charge in [0.05, 0.1) is 36.1 Å². The molecule has 6 aromatic carbocycles. The highest BCUT2D eigenvalue weighted by Gasteiger charge is 2.45. The van der Waals surface area contributed by atoms with Gasteiger partial charge >= 0.3 is 12.1 Å². The Hall–Kier alpha value is -10.8. The number of nitrogens with one attached hydrogen (secondary N) is 3. The van der Waals surface area contributed by atoms with Gasteiger partial charge in [0.25, 0.3) is 5.91 Å². The molecule has 4 aromatic heterocycles. The Bertz CT molecular complexity index is 5280. The number of primary amides is 1. The number of aliphatic hydroxyl groups excluding tert-OH is 1. The van der Waals surface area contributed by atoms with E-state index in [9.17, 15) is 38.7 Å². The lowest BCUT2D eigenvalue weighted by atomic mass is 9.98. The third-order valence-electron chi connectivity index (χ3n) is 23.9. The molecular weight excluding hydrogens is 1660 g/mol. The molecule has 0 radical (unpaired) electrons. The summed E-state index contributed by atoms with van der Waals surface area (Å²) in [6.45, 7) is 18.5. The maximum Gasteiger partial charge on any atom is 0.412 e. The maximum absolute atomic E-state index is 13.0. The summed E-state index contributed by atoms with van der Waals surface area (Å²) in [4.78, 5) is 109. The van der Waals surface area contributed by atoms with Gasteiger partial charge in [-0.2, -0.15) is 9.59 Å². The zero-order valence-electron chi connectivity index (χ0n) is 70.8. The molecule has 17 rings (SSSR count). The molecule has 1 saturated carbocycles. The van der Waals surface area contributed by atoms with Gasteiger partial charge in [-0.25, -0.2) is 14.8 Å². The first-order chi connectivity index (χ1) is 60.2. The number of aromatic amines is 1. The summed E-state index contributed by atoms with van der Waals surface area (Å²) >= 11 is 20.2. The van der Waals surface area contributed by atoms with Crippen molar-refractivity contribution in [1.29, 1.82) is 0 Å². The number of carbonyl (C=O) groups excluding carboxylic acids is 7. The van der Waals surface area contributed by atoms with Gasteiger partial charge < -0.3 is 49.8 Å². The number of anilines is 3. The molecule has 0 spiro atoms. The second kappa shape index (κ2) is 43.7. The predicted octanol–water partition coefficient (Wildman–Crippen LogP) is 14.5. The van der Waals surface area contributed by atoms with E-state index >= 15 is 0 Å². The highest BCUT2D eigenvalue weighted by molar-refractivity contribution is 7.13. The van der Waals surface area contributed by atoms with Crippen molar-refractivity contribution in [3.8, 4) is 22.5 Å². The number of likely N-dealkylation sites (tertiary alicyclic amines) is 3. The van der Waals surface area contributed by atoms with Crippen LogP contribution in [0.1, 0.15) is 168 Å². The molecule has 4 saturated heterocycles. The fourth-order valence-corrected chi connectivity index (χ4v) is 18.6. The third kappa shape index (κ3) is 22.6. The van der Waals surface area contributed by atoms with Crippen molar-refractivity contribution >= 4 is 115 Å². The van der Waals surface area contributed by atoms with E-state index in [-0.39, 0.29) is 54.0 Å². The number of H-pyrrole nitrogens is 1. The van der Waals surface area contributed by atoms with E-state index in [1.54, 1.807) is 45.6 Å². The molecule has 124 heavy (non-hydrogen) atoms. The minimum atomic E-state index is -0.950.